The highest BCUT2D eigenvalue weighted by Gasteiger charge is 2.16. The number of carboxylic acid groups (broad SMARTS) is 1. The van der Waals surface area contributed by atoms with Crippen molar-refractivity contribution < 1.29 is 14.6 Å². The van der Waals surface area contributed by atoms with Crippen molar-refractivity contribution in [3.63, 3.8) is 0 Å². The van der Waals surface area contributed by atoms with Gasteiger partial charge in [0.15, 0.2) is 5.75 Å². The SMILES string of the molecule is CCSCCOc1c(Cl)cc(Cl)cc1C(=O)O. The van der Waals surface area contributed by atoms with Gasteiger partial charge >= 0.3 is 5.97 Å². The maximum atomic E-state index is 11.0. The quantitative estimate of drug-likeness (QED) is 0.810. The van der Waals surface area contributed by atoms with Crippen molar-refractivity contribution in [1.29, 1.82) is 0 Å². The zero-order valence-corrected chi connectivity index (χ0v) is 11.5. The van der Waals surface area contributed by atoms with E-state index >= 15 is 0 Å². The molecule has 0 spiro atoms. The summed E-state index contributed by atoms with van der Waals surface area (Å²) in [6.07, 6.45) is 0. The highest BCUT2D eigenvalue weighted by atomic mass is 35.5. The summed E-state index contributed by atoms with van der Waals surface area (Å²) < 4.78 is 5.39. The van der Waals surface area contributed by atoms with E-state index in [0.29, 0.717) is 6.61 Å². The van der Waals surface area contributed by atoms with Crippen LogP contribution in [0.2, 0.25) is 10.0 Å². The second kappa shape index (κ2) is 6.99. The number of carboxylic acids is 1. The highest BCUT2D eigenvalue weighted by Crippen LogP contribution is 2.32. The Labute approximate surface area is 114 Å². The summed E-state index contributed by atoms with van der Waals surface area (Å²) in [5.41, 5.74) is -0.0102. The van der Waals surface area contributed by atoms with Crippen LogP contribution in [-0.4, -0.2) is 29.2 Å². The Balaban J connectivity index is 2.85. The van der Waals surface area contributed by atoms with Crippen LogP contribution >= 0.6 is 35.0 Å². The smallest absolute Gasteiger partial charge is 0.339 e. The Kier molecular flexibility index (Phi) is 5.95. The van der Waals surface area contributed by atoms with Crippen LogP contribution in [0.5, 0.6) is 5.75 Å². The molecular formula is C11H12Cl2O3S. The fourth-order valence-corrected chi connectivity index (χ4v) is 2.25. The number of thioether (sulfide) groups is 1. The molecule has 3 nitrogen and oxygen atoms in total. The monoisotopic (exact) mass is 294 g/mol. The summed E-state index contributed by atoms with van der Waals surface area (Å²) in [7, 11) is 0. The van der Waals surface area contributed by atoms with Gasteiger partial charge in [0.25, 0.3) is 0 Å². The molecule has 0 amide bonds. The first kappa shape index (κ1) is 14.5. The van der Waals surface area contributed by atoms with Crippen LogP contribution in [0.3, 0.4) is 0 Å². The maximum Gasteiger partial charge on any atom is 0.339 e. The molecule has 0 aromatic heterocycles. The van der Waals surface area contributed by atoms with Crippen molar-refractivity contribution in [2.75, 3.05) is 18.1 Å². The van der Waals surface area contributed by atoms with Gasteiger partial charge in [0.2, 0.25) is 0 Å². The zero-order valence-electron chi connectivity index (χ0n) is 9.20. The van der Waals surface area contributed by atoms with Gasteiger partial charge in [-0.25, -0.2) is 4.79 Å². The molecule has 0 heterocycles. The molecule has 0 atom stereocenters. The van der Waals surface area contributed by atoms with Gasteiger partial charge in [0.05, 0.1) is 11.6 Å². The fourth-order valence-electron chi connectivity index (χ4n) is 1.21. The number of halogens is 2. The number of carbonyl (C=O) groups is 1. The second-order valence-corrected chi connectivity index (χ2v) is 5.35. The zero-order chi connectivity index (χ0) is 12.8. The van der Waals surface area contributed by atoms with Gasteiger partial charge in [-0.1, -0.05) is 30.1 Å². The molecule has 17 heavy (non-hydrogen) atoms. The van der Waals surface area contributed by atoms with Crippen LogP contribution in [0.15, 0.2) is 12.1 Å². The Morgan fingerprint density at radius 2 is 2.18 bits per heavy atom. The Bertz CT molecular complexity index is 410. The van der Waals surface area contributed by atoms with Crippen molar-refractivity contribution in [2.45, 2.75) is 6.92 Å². The van der Waals surface area contributed by atoms with Gasteiger partial charge < -0.3 is 9.84 Å². The Morgan fingerprint density at radius 1 is 1.47 bits per heavy atom. The van der Waals surface area contributed by atoms with Crippen molar-refractivity contribution >= 4 is 40.9 Å². The molecule has 0 aliphatic rings. The number of hydrogen-bond donors (Lipinski definition) is 1. The predicted octanol–water partition coefficient (Wildman–Crippen LogP) is 3.82. The summed E-state index contributed by atoms with van der Waals surface area (Å²) in [4.78, 5) is 11.0. The molecule has 6 heteroatoms. The van der Waals surface area contributed by atoms with Crippen LogP contribution in [0.25, 0.3) is 0 Å². The third kappa shape index (κ3) is 4.30. The van der Waals surface area contributed by atoms with E-state index in [1.165, 1.54) is 12.1 Å². The normalized spacial score (nSPS) is 10.3. The van der Waals surface area contributed by atoms with Crippen molar-refractivity contribution in [2.24, 2.45) is 0 Å². The lowest BCUT2D eigenvalue weighted by molar-refractivity contribution is 0.0692. The molecule has 1 aromatic rings. The van der Waals surface area contributed by atoms with E-state index in [2.05, 4.69) is 0 Å². The second-order valence-electron chi connectivity index (χ2n) is 3.11. The van der Waals surface area contributed by atoms with Gasteiger partial charge in [-0.3, -0.25) is 0 Å². The van der Waals surface area contributed by atoms with Crippen LogP contribution < -0.4 is 4.74 Å². The van der Waals surface area contributed by atoms with E-state index in [0.717, 1.165) is 11.5 Å². The van der Waals surface area contributed by atoms with Gasteiger partial charge in [-0.2, -0.15) is 11.8 Å². The van der Waals surface area contributed by atoms with Crippen LogP contribution in [0, 0.1) is 0 Å². The molecule has 0 saturated heterocycles. The average molecular weight is 295 g/mol. The van der Waals surface area contributed by atoms with E-state index in [1.54, 1.807) is 11.8 Å². The lowest BCUT2D eigenvalue weighted by atomic mass is 10.2. The standard InChI is InChI=1S/C11H12Cl2O3S/c1-2-17-4-3-16-10-8(11(14)15)5-7(12)6-9(10)13/h5-6H,2-4H2,1H3,(H,14,15). The fraction of sp³-hybridized carbons (Fsp3) is 0.364. The summed E-state index contributed by atoms with van der Waals surface area (Å²) in [5.74, 6) is 0.852. The molecule has 1 aromatic carbocycles. The van der Waals surface area contributed by atoms with Gasteiger partial charge in [-0.15, -0.1) is 0 Å². The summed E-state index contributed by atoms with van der Waals surface area (Å²) in [6, 6.07) is 2.80. The summed E-state index contributed by atoms with van der Waals surface area (Å²) >= 11 is 13.4. The summed E-state index contributed by atoms with van der Waals surface area (Å²) in [6.45, 7) is 2.46. The lowest BCUT2D eigenvalue weighted by Crippen LogP contribution is -2.06. The first-order chi connectivity index (χ1) is 8.06. The number of ether oxygens (including phenoxy) is 1. The predicted molar refractivity (Wildman–Crippen MR) is 71.9 cm³/mol. The maximum absolute atomic E-state index is 11.0. The summed E-state index contributed by atoms with van der Waals surface area (Å²) in [5, 5.41) is 9.51. The van der Waals surface area contributed by atoms with E-state index in [1.807, 2.05) is 6.92 Å². The average Bonchev–Trinajstić information content (AvgIpc) is 2.25. The first-order valence-corrected chi connectivity index (χ1v) is 6.90. The van der Waals surface area contributed by atoms with Crippen molar-refractivity contribution in [1.82, 2.24) is 0 Å². The molecule has 0 saturated carbocycles. The van der Waals surface area contributed by atoms with Crippen LogP contribution in [-0.2, 0) is 0 Å². The minimum atomic E-state index is -1.10. The molecule has 1 rings (SSSR count). The number of aromatic carboxylic acids is 1. The molecular weight excluding hydrogens is 283 g/mol. The van der Waals surface area contributed by atoms with E-state index in [4.69, 9.17) is 33.0 Å². The van der Waals surface area contributed by atoms with E-state index < -0.39 is 5.97 Å². The molecule has 0 bridgehead atoms. The molecule has 0 aliphatic carbocycles. The minimum absolute atomic E-state index is 0.0102. The minimum Gasteiger partial charge on any atom is -0.490 e. The number of rotatable bonds is 6. The van der Waals surface area contributed by atoms with Crippen molar-refractivity contribution in [3.8, 4) is 5.75 Å². The molecule has 0 radical (unpaired) electrons. The molecule has 94 valence electrons. The van der Waals surface area contributed by atoms with Crippen molar-refractivity contribution in [3.05, 3.63) is 27.7 Å². The van der Waals surface area contributed by atoms with Gasteiger partial charge in [0.1, 0.15) is 5.56 Å². The van der Waals surface area contributed by atoms with E-state index in [-0.39, 0.29) is 21.4 Å². The molecule has 0 fully saturated rings. The number of benzene rings is 1. The van der Waals surface area contributed by atoms with Gasteiger partial charge in [0, 0.05) is 10.8 Å². The van der Waals surface area contributed by atoms with Crippen LogP contribution in [0.1, 0.15) is 17.3 Å². The highest BCUT2D eigenvalue weighted by molar-refractivity contribution is 7.99. The number of hydrogen-bond acceptors (Lipinski definition) is 3. The third-order valence-corrected chi connectivity index (χ3v) is 3.28. The Morgan fingerprint density at radius 3 is 2.76 bits per heavy atom. The van der Waals surface area contributed by atoms with Crippen LogP contribution in [0.4, 0.5) is 0 Å². The van der Waals surface area contributed by atoms with Gasteiger partial charge in [-0.05, 0) is 17.9 Å². The molecule has 0 unspecified atom stereocenters. The topological polar surface area (TPSA) is 46.5 Å². The Hall–Kier alpha value is -0.580. The van der Waals surface area contributed by atoms with E-state index in [9.17, 15) is 4.79 Å². The molecule has 1 N–H and O–H groups in total. The lowest BCUT2D eigenvalue weighted by Gasteiger charge is -2.11. The third-order valence-electron chi connectivity index (χ3n) is 1.92. The molecule has 0 aliphatic heterocycles. The first-order valence-electron chi connectivity index (χ1n) is 4.99. The largest absolute Gasteiger partial charge is 0.490 e.